The number of hydrogen-bond donors (Lipinski definition) is 2. The fourth-order valence-electron chi connectivity index (χ4n) is 2.66. The normalized spacial score (nSPS) is 10.5. The summed E-state index contributed by atoms with van der Waals surface area (Å²) in [7, 11) is 0. The molecule has 138 valence electrons. The third-order valence-electron chi connectivity index (χ3n) is 3.92. The molecule has 0 aliphatic heterocycles. The lowest BCUT2D eigenvalue weighted by Crippen LogP contribution is -2.36. The van der Waals surface area contributed by atoms with Gasteiger partial charge in [-0.3, -0.25) is 19.4 Å². The quantitative estimate of drug-likeness (QED) is 0.737. The lowest BCUT2D eigenvalue weighted by molar-refractivity contribution is -0.144. The molecule has 2 aromatic rings. The van der Waals surface area contributed by atoms with Crippen LogP contribution in [-0.4, -0.2) is 49.9 Å². The molecule has 0 fully saturated rings. The van der Waals surface area contributed by atoms with Crippen molar-refractivity contribution in [1.29, 1.82) is 0 Å². The first-order chi connectivity index (χ1) is 12.4. The molecule has 8 nitrogen and oxygen atoms in total. The van der Waals surface area contributed by atoms with E-state index in [2.05, 4.69) is 15.0 Å². The molecule has 0 radical (unpaired) electrons. The first-order valence-corrected chi connectivity index (χ1v) is 8.42. The van der Waals surface area contributed by atoms with Gasteiger partial charge in [0.2, 0.25) is 5.91 Å². The van der Waals surface area contributed by atoms with E-state index in [-0.39, 0.29) is 30.9 Å². The molecular formula is C18H22N4O4. The van der Waals surface area contributed by atoms with E-state index in [1.807, 2.05) is 6.92 Å². The topological polar surface area (TPSA) is 116 Å². The van der Waals surface area contributed by atoms with Crippen LogP contribution in [0.25, 0.3) is 11.4 Å². The number of rotatable bonds is 8. The van der Waals surface area contributed by atoms with E-state index >= 15 is 0 Å². The number of nitrogens with one attached hydrogen (secondary N) is 1. The Morgan fingerprint density at radius 1 is 1.35 bits per heavy atom. The summed E-state index contributed by atoms with van der Waals surface area (Å²) in [5, 5.41) is 8.91. The summed E-state index contributed by atoms with van der Waals surface area (Å²) in [6, 6.07) is 3.55. The van der Waals surface area contributed by atoms with Gasteiger partial charge >= 0.3 is 5.97 Å². The number of carbonyl (C=O) groups is 2. The lowest BCUT2D eigenvalue weighted by Gasteiger charge is -2.20. The summed E-state index contributed by atoms with van der Waals surface area (Å²) in [4.78, 5) is 48.0. The number of amides is 1. The van der Waals surface area contributed by atoms with E-state index in [1.165, 1.54) is 4.90 Å². The number of hydrogen-bond acceptors (Lipinski definition) is 5. The van der Waals surface area contributed by atoms with Crippen molar-refractivity contribution in [3.05, 3.63) is 46.1 Å². The molecule has 0 aliphatic rings. The number of aliphatic carboxylic acids is 1. The Kier molecular flexibility index (Phi) is 6.60. The molecule has 0 spiro atoms. The van der Waals surface area contributed by atoms with Crippen LogP contribution in [0.3, 0.4) is 0 Å². The van der Waals surface area contributed by atoms with Crippen molar-refractivity contribution in [2.75, 3.05) is 13.1 Å². The standard InChI is InChI=1S/C18H22N4O4/c1-3-9-22(11-16(24)25)15(23)7-6-14-12(2)20-17(21-18(14)26)13-5-4-8-19-10-13/h4-5,8,10H,3,6-7,9,11H2,1-2H3,(H,24,25)(H,20,21,26). The first-order valence-electron chi connectivity index (χ1n) is 8.42. The number of nitrogens with zero attached hydrogens (tertiary/aromatic N) is 3. The van der Waals surface area contributed by atoms with Gasteiger partial charge in [0, 0.05) is 42.2 Å². The number of carboxylic acid groups (broad SMARTS) is 1. The van der Waals surface area contributed by atoms with Crippen molar-refractivity contribution < 1.29 is 14.7 Å². The molecule has 0 aliphatic carbocycles. The fourth-order valence-corrected chi connectivity index (χ4v) is 2.66. The third-order valence-corrected chi connectivity index (χ3v) is 3.92. The number of carbonyl (C=O) groups excluding carboxylic acids is 1. The van der Waals surface area contributed by atoms with Crippen LogP contribution in [0.2, 0.25) is 0 Å². The van der Waals surface area contributed by atoms with Crippen LogP contribution in [0, 0.1) is 6.92 Å². The van der Waals surface area contributed by atoms with Gasteiger partial charge in [0.15, 0.2) is 0 Å². The summed E-state index contributed by atoms with van der Waals surface area (Å²) in [6.45, 7) is 3.63. The maximum atomic E-state index is 12.4. The molecule has 0 unspecified atom stereocenters. The molecule has 2 heterocycles. The highest BCUT2D eigenvalue weighted by Gasteiger charge is 2.17. The van der Waals surface area contributed by atoms with Crippen LogP contribution in [0.1, 0.15) is 31.0 Å². The van der Waals surface area contributed by atoms with Crippen LogP contribution in [0.15, 0.2) is 29.3 Å². The molecule has 0 saturated carbocycles. The van der Waals surface area contributed by atoms with Gasteiger partial charge in [-0.25, -0.2) is 4.98 Å². The van der Waals surface area contributed by atoms with Crippen LogP contribution in [0.4, 0.5) is 0 Å². The SMILES string of the molecule is CCCN(CC(=O)O)C(=O)CCc1c(C)nc(-c2cccnc2)[nH]c1=O. The zero-order valence-electron chi connectivity index (χ0n) is 14.9. The highest BCUT2D eigenvalue weighted by Crippen LogP contribution is 2.13. The maximum absolute atomic E-state index is 12.4. The summed E-state index contributed by atoms with van der Waals surface area (Å²) in [5.74, 6) is -0.915. The second kappa shape index (κ2) is 8.89. The van der Waals surface area contributed by atoms with Gasteiger partial charge in [-0.1, -0.05) is 6.92 Å². The molecule has 0 atom stereocenters. The highest BCUT2D eigenvalue weighted by atomic mass is 16.4. The molecular weight excluding hydrogens is 336 g/mol. The average Bonchev–Trinajstić information content (AvgIpc) is 2.60. The van der Waals surface area contributed by atoms with E-state index < -0.39 is 5.97 Å². The second-order valence-corrected chi connectivity index (χ2v) is 5.93. The number of aromatic amines is 1. The van der Waals surface area contributed by atoms with Gasteiger partial charge < -0.3 is 15.0 Å². The van der Waals surface area contributed by atoms with E-state index in [0.29, 0.717) is 35.6 Å². The highest BCUT2D eigenvalue weighted by molar-refractivity contribution is 5.81. The minimum Gasteiger partial charge on any atom is -0.480 e. The molecule has 0 saturated heterocycles. The smallest absolute Gasteiger partial charge is 0.323 e. The number of pyridine rings is 1. The number of aryl methyl sites for hydroxylation is 1. The van der Waals surface area contributed by atoms with Crippen LogP contribution >= 0.6 is 0 Å². The van der Waals surface area contributed by atoms with Crippen molar-refractivity contribution in [2.45, 2.75) is 33.1 Å². The van der Waals surface area contributed by atoms with Crippen molar-refractivity contribution in [1.82, 2.24) is 19.9 Å². The summed E-state index contributed by atoms with van der Waals surface area (Å²) >= 11 is 0. The molecule has 0 bridgehead atoms. The number of H-pyrrole nitrogens is 1. The zero-order valence-corrected chi connectivity index (χ0v) is 14.9. The minimum atomic E-state index is -1.05. The predicted octanol–water partition coefficient (Wildman–Crippen LogP) is 1.40. The molecule has 26 heavy (non-hydrogen) atoms. The molecule has 1 amide bonds. The Hall–Kier alpha value is -3.03. The van der Waals surface area contributed by atoms with Crippen molar-refractivity contribution in [3.63, 3.8) is 0 Å². The molecule has 2 aromatic heterocycles. The van der Waals surface area contributed by atoms with Gasteiger partial charge in [-0.15, -0.1) is 0 Å². The van der Waals surface area contributed by atoms with Crippen molar-refractivity contribution in [3.8, 4) is 11.4 Å². The summed E-state index contributed by atoms with van der Waals surface area (Å²) in [6.07, 6.45) is 4.17. The van der Waals surface area contributed by atoms with Gasteiger partial charge in [0.1, 0.15) is 12.4 Å². The Labute approximate surface area is 150 Å². The molecule has 2 rings (SSSR count). The second-order valence-electron chi connectivity index (χ2n) is 5.93. The summed E-state index contributed by atoms with van der Waals surface area (Å²) in [5.41, 5.74) is 1.37. The minimum absolute atomic E-state index is 0.0606. The van der Waals surface area contributed by atoms with Gasteiger partial charge in [0.25, 0.3) is 5.56 Å². The first kappa shape index (κ1) is 19.3. The maximum Gasteiger partial charge on any atom is 0.323 e. The fraction of sp³-hybridized carbons (Fsp3) is 0.389. The van der Waals surface area contributed by atoms with Gasteiger partial charge in [-0.2, -0.15) is 0 Å². The van der Waals surface area contributed by atoms with Crippen LogP contribution in [0.5, 0.6) is 0 Å². The van der Waals surface area contributed by atoms with E-state index in [0.717, 1.165) is 0 Å². The molecule has 2 N–H and O–H groups in total. The van der Waals surface area contributed by atoms with E-state index in [4.69, 9.17) is 5.11 Å². The Bertz CT molecular complexity index is 833. The monoisotopic (exact) mass is 358 g/mol. The van der Waals surface area contributed by atoms with Gasteiger partial charge in [0.05, 0.1) is 0 Å². The van der Waals surface area contributed by atoms with Crippen molar-refractivity contribution >= 4 is 11.9 Å². The van der Waals surface area contributed by atoms with Crippen molar-refractivity contribution in [2.24, 2.45) is 0 Å². The zero-order chi connectivity index (χ0) is 19.1. The van der Waals surface area contributed by atoms with Crippen LogP contribution < -0.4 is 5.56 Å². The van der Waals surface area contributed by atoms with E-state index in [1.54, 1.807) is 31.5 Å². The largest absolute Gasteiger partial charge is 0.480 e. The summed E-state index contributed by atoms with van der Waals surface area (Å²) < 4.78 is 0. The lowest BCUT2D eigenvalue weighted by atomic mass is 10.1. The molecule has 0 aromatic carbocycles. The molecule has 8 heteroatoms. The number of aromatic nitrogens is 3. The Morgan fingerprint density at radius 2 is 2.12 bits per heavy atom. The van der Waals surface area contributed by atoms with Gasteiger partial charge in [-0.05, 0) is 31.9 Å². The Balaban J connectivity index is 2.13. The third kappa shape index (κ3) is 4.98. The predicted molar refractivity (Wildman–Crippen MR) is 95.7 cm³/mol. The van der Waals surface area contributed by atoms with E-state index in [9.17, 15) is 14.4 Å². The average molecular weight is 358 g/mol. The Morgan fingerprint density at radius 3 is 2.69 bits per heavy atom. The van der Waals surface area contributed by atoms with Crippen LogP contribution in [-0.2, 0) is 16.0 Å². The number of carboxylic acids is 1.